The van der Waals surface area contributed by atoms with Gasteiger partial charge in [-0.05, 0) is 37.4 Å². The second-order valence-corrected chi connectivity index (χ2v) is 6.84. The average molecular weight is 318 g/mol. The van der Waals surface area contributed by atoms with Crippen molar-refractivity contribution in [1.29, 1.82) is 0 Å². The third kappa shape index (κ3) is 3.04. The van der Waals surface area contributed by atoms with Gasteiger partial charge in [-0.15, -0.1) is 11.3 Å². The summed E-state index contributed by atoms with van der Waals surface area (Å²) in [6, 6.07) is 12.8. The molecule has 0 aliphatic heterocycles. The second-order valence-electron chi connectivity index (χ2n) is 4.75. The predicted molar refractivity (Wildman–Crippen MR) is 89.8 cm³/mol. The molecule has 0 bridgehead atoms. The molecule has 21 heavy (non-hydrogen) atoms. The van der Waals surface area contributed by atoms with Crippen LogP contribution in [0.15, 0.2) is 46.8 Å². The molecule has 3 rings (SSSR count). The molecule has 0 saturated carbocycles. The minimum absolute atomic E-state index is 0.0865. The SMILES string of the molecule is CSc1nc2ccc(NC(C)c3ccccc3F)cc2s1. The molecule has 1 atom stereocenters. The van der Waals surface area contributed by atoms with Gasteiger partial charge in [-0.25, -0.2) is 9.37 Å². The largest absolute Gasteiger partial charge is 0.378 e. The van der Waals surface area contributed by atoms with Crippen molar-refractivity contribution in [2.75, 3.05) is 11.6 Å². The van der Waals surface area contributed by atoms with Crippen molar-refractivity contribution in [1.82, 2.24) is 4.98 Å². The Labute approximate surface area is 131 Å². The summed E-state index contributed by atoms with van der Waals surface area (Å²) >= 11 is 3.33. The first kappa shape index (κ1) is 14.4. The van der Waals surface area contributed by atoms with Crippen LogP contribution in [0.25, 0.3) is 10.2 Å². The average Bonchev–Trinajstić information content (AvgIpc) is 2.90. The summed E-state index contributed by atoms with van der Waals surface area (Å²) in [5.74, 6) is -0.180. The van der Waals surface area contributed by atoms with Crippen LogP contribution in [0.1, 0.15) is 18.5 Å². The molecule has 0 aliphatic rings. The quantitative estimate of drug-likeness (QED) is 0.658. The fourth-order valence-electron chi connectivity index (χ4n) is 2.23. The third-order valence-corrected chi connectivity index (χ3v) is 5.30. The maximum Gasteiger partial charge on any atom is 0.150 e. The van der Waals surface area contributed by atoms with Crippen LogP contribution in [0.4, 0.5) is 10.1 Å². The molecule has 108 valence electrons. The van der Waals surface area contributed by atoms with E-state index in [1.807, 2.05) is 37.4 Å². The van der Waals surface area contributed by atoms with Gasteiger partial charge in [-0.3, -0.25) is 0 Å². The standard InChI is InChI=1S/C16H15FN2S2/c1-10(12-5-3-4-6-13(12)17)18-11-7-8-14-15(9-11)21-16(19-14)20-2/h3-10,18H,1-2H3. The first-order valence-corrected chi connectivity index (χ1v) is 8.67. The molecule has 0 spiro atoms. The highest BCUT2D eigenvalue weighted by Crippen LogP contribution is 2.31. The van der Waals surface area contributed by atoms with Crippen LogP contribution < -0.4 is 5.32 Å². The number of fused-ring (bicyclic) bond motifs is 1. The van der Waals surface area contributed by atoms with Gasteiger partial charge in [0.05, 0.1) is 16.3 Å². The number of aromatic nitrogens is 1. The van der Waals surface area contributed by atoms with Gasteiger partial charge in [0.2, 0.25) is 0 Å². The van der Waals surface area contributed by atoms with Crippen LogP contribution in [-0.2, 0) is 0 Å². The molecule has 0 aliphatic carbocycles. The van der Waals surface area contributed by atoms with Gasteiger partial charge in [0, 0.05) is 11.3 Å². The number of thioether (sulfide) groups is 1. The van der Waals surface area contributed by atoms with E-state index >= 15 is 0 Å². The molecule has 5 heteroatoms. The number of thiazole rings is 1. The van der Waals surface area contributed by atoms with E-state index in [1.54, 1.807) is 29.2 Å². The van der Waals surface area contributed by atoms with Crippen molar-refractivity contribution in [2.45, 2.75) is 17.3 Å². The maximum atomic E-state index is 13.8. The summed E-state index contributed by atoms with van der Waals surface area (Å²) in [6.07, 6.45) is 2.02. The Morgan fingerprint density at radius 2 is 2.05 bits per heavy atom. The van der Waals surface area contributed by atoms with Crippen LogP contribution >= 0.6 is 23.1 Å². The normalized spacial score (nSPS) is 12.5. The molecule has 0 saturated heterocycles. The summed E-state index contributed by atoms with van der Waals surface area (Å²) in [5, 5.41) is 3.35. The number of benzene rings is 2. The lowest BCUT2D eigenvalue weighted by atomic mass is 10.1. The number of nitrogens with zero attached hydrogens (tertiary/aromatic N) is 1. The first-order valence-electron chi connectivity index (χ1n) is 6.63. The van der Waals surface area contributed by atoms with E-state index in [4.69, 9.17) is 0 Å². The van der Waals surface area contributed by atoms with Crippen molar-refractivity contribution in [2.24, 2.45) is 0 Å². The number of halogens is 1. The number of hydrogen-bond acceptors (Lipinski definition) is 4. The van der Waals surface area contributed by atoms with Crippen LogP contribution in [0.3, 0.4) is 0 Å². The minimum atomic E-state index is -0.180. The highest BCUT2D eigenvalue weighted by Gasteiger charge is 2.11. The van der Waals surface area contributed by atoms with Gasteiger partial charge >= 0.3 is 0 Å². The molecule has 1 N–H and O–H groups in total. The van der Waals surface area contributed by atoms with E-state index in [1.165, 1.54) is 6.07 Å². The highest BCUT2D eigenvalue weighted by atomic mass is 32.2. The fourth-order valence-corrected chi connectivity index (χ4v) is 3.76. The summed E-state index contributed by atoms with van der Waals surface area (Å²) < 4.78 is 16.0. The summed E-state index contributed by atoms with van der Waals surface area (Å²) in [6.45, 7) is 1.96. The van der Waals surface area contributed by atoms with E-state index < -0.39 is 0 Å². The number of nitrogens with one attached hydrogen (secondary N) is 1. The Kier molecular flexibility index (Phi) is 4.12. The molecule has 2 aromatic carbocycles. The monoisotopic (exact) mass is 318 g/mol. The summed E-state index contributed by atoms with van der Waals surface area (Å²) in [7, 11) is 0. The van der Waals surface area contributed by atoms with Gasteiger partial charge in [0.15, 0.2) is 4.34 Å². The molecule has 3 aromatic rings. The maximum absolute atomic E-state index is 13.8. The Hall–Kier alpha value is -1.59. The van der Waals surface area contributed by atoms with Crippen LogP contribution in [0.5, 0.6) is 0 Å². The topological polar surface area (TPSA) is 24.9 Å². The van der Waals surface area contributed by atoms with Crippen LogP contribution in [0.2, 0.25) is 0 Å². The van der Waals surface area contributed by atoms with Gasteiger partial charge in [-0.2, -0.15) is 0 Å². The summed E-state index contributed by atoms with van der Waals surface area (Å²) in [5.41, 5.74) is 2.66. The third-order valence-electron chi connectivity index (χ3n) is 3.30. The van der Waals surface area contributed by atoms with E-state index in [0.29, 0.717) is 5.56 Å². The van der Waals surface area contributed by atoms with E-state index in [0.717, 1.165) is 20.2 Å². The molecule has 2 nitrogen and oxygen atoms in total. The zero-order chi connectivity index (χ0) is 14.8. The zero-order valence-electron chi connectivity index (χ0n) is 11.8. The van der Waals surface area contributed by atoms with Crippen molar-refractivity contribution in [3.05, 3.63) is 53.8 Å². The molecular weight excluding hydrogens is 303 g/mol. The van der Waals surface area contributed by atoms with Crippen molar-refractivity contribution in [3.8, 4) is 0 Å². The van der Waals surface area contributed by atoms with Crippen LogP contribution in [0, 0.1) is 5.82 Å². The highest BCUT2D eigenvalue weighted by molar-refractivity contribution is 8.00. The smallest absolute Gasteiger partial charge is 0.150 e. The summed E-state index contributed by atoms with van der Waals surface area (Å²) in [4.78, 5) is 4.52. The Morgan fingerprint density at radius 1 is 1.24 bits per heavy atom. The Morgan fingerprint density at radius 3 is 2.81 bits per heavy atom. The van der Waals surface area contributed by atoms with Gasteiger partial charge in [-0.1, -0.05) is 30.0 Å². The van der Waals surface area contributed by atoms with Gasteiger partial charge in [0.1, 0.15) is 5.82 Å². The molecule has 1 aromatic heterocycles. The number of rotatable bonds is 4. The van der Waals surface area contributed by atoms with Crippen molar-refractivity contribution < 1.29 is 4.39 Å². The molecule has 0 amide bonds. The Balaban J connectivity index is 1.86. The zero-order valence-corrected chi connectivity index (χ0v) is 13.4. The van der Waals surface area contributed by atoms with Gasteiger partial charge in [0.25, 0.3) is 0 Å². The Bertz CT molecular complexity index is 770. The van der Waals surface area contributed by atoms with Crippen molar-refractivity contribution in [3.63, 3.8) is 0 Å². The number of anilines is 1. The van der Waals surface area contributed by atoms with E-state index in [-0.39, 0.29) is 11.9 Å². The van der Waals surface area contributed by atoms with Crippen molar-refractivity contribution >= 4 is 39.0 Å². The molecular formula is C16H15FN2S2. The molecule has 1 unspecified atom stereocenters. The predicted octanol–water partition coefficient (Wildman–Crippen LogP) is 5.33. The number of hydrogen-bond donors (Lipinski definition) is 1. The molecule has 0 fully saturated rings. The molecule has 1 heterocycles. The van der Waals surface area contributed by atoms with E-state index in [9.17, 15) is 4.39 Å². The lowest BCUT2D eigenvalue weighted by Crippen LogP contribution is -2.08. The molecule has 0 radical (unpaired) electrons. The van der Waals surface area contributed by atoms with Gasteiger partial charge < -0.3 is 5.32 Å². The second kappa shape index (κ2) is 6.03. The van der Waals surface area contributed by atoms with E-state index in [2.05, 4.69) is 16.4 Å². The first-order chi connectivity index (χ1) is 10.2. The van der Waals surface area contributed by atoms with Crippen LogP contribution in [-0.4, -0.2) is 11.2 Å². The fraction of sp³-hybridized carbons (Fsp3) is 0.188. The lowest BCUT2D eigenvalue weighted by molar-refractivity contribution is 0.600. The lowest BCUT2D eigenvalue weighted by Gasteiger charge is -2.16. The minimum Gasteiger partial charge on any atom is -0.378 e.